The van der Waals surface area contributed by atoms with Gasteiger partial charge in [0.15, 0.2) is 0 Å². The molecule has 1 aliphatic rings. The minimum absolute atomic E-state index is 0.198. The summed E-state index contributed by atoms with van der Waals surface area (Å²) in [7, 11) is 1.58. The molecule has 2 amide bonds. The summed E-state index contributed by atoms with van der Waals surface area (Å²) < 4.78 is 18.0. The first-order valence-corrected chi connectivity index (χ1v) is 9.40. The number of methoxy groups -OCH3 is 1. The number of hydrogen-bond donors (Lipinski definition) is 2. The minimum Gasteiger partial charge on any atom is -0.383 e. The van der Waals surface area contributed by atoms with E-state index >= 15 is 0 Å². The van der Waals surface area contributed by atoms with Crippen LogP contribution in [0.3, 0.4) is 0 Å². The van der Waals surface area contributed by atoms with Gasteiger partial charge in [0.2, 0.25) is 0 Å². The van der Waals surface area contributed by atoms with Crippen molar-refractivity contribution in [2.45, 2.75) is 25.7 Å². The maximum atomic E-state index is 13.1. The number of thiophene rings is 1. The van der Waals surface area contributed by atoms with Crippen molar-refractivity contribution in [1.29, 1.82) is 0 Å². The van der Waals surface area contributed by atoms with E-state index in [9.17, 15) is 14.0 Å². The van der Waals surface area contributed by atoms with E-state index in [0.717, 1.165) is 36.1 Å². The van der Waals surface area contributed by atoms with E-state index in [-0.39, 0.29) is 11.8 Å². The largest absolute Gasteiger partial charge is 0.383 e. The van der Waals surface area contributed by atoms with E-state index in [1.54, 1.807) is 7.11 Å². The van der Waals surface area contributed by atoms with Crippen LogP contribution in [0.4, 0.5) is 9.39 Å². The molecule has 0 radical (unpaired) electrons. The van der Waals surface area contributed by atoms with Gasteiger partial charge in [-0.3, -0.25) is 9.59 Å². The number of halogens is 1. The number of hydrogen-bond acceptors (Lipinski definition) is 4. The number of anilines is 1. The van der Waals surface area contributed by atoms with Crippen molar-refractivity contribution in [3.05, 3.63) is 51.7 Å². The van der Waals surface area contributed by atoms with Crippen LogP contribution in [0.25, 0.3) is 0 Å². The van der Waals surface area contributed by atoms with Gasteiger partial charge in [-0.2, -0.15) is 0 Å². The fourth-order valence-electron chi connectivity index (χ4n) is 3.03. The molecular weight excluding hydrogens is 355 g/mol. The van der Waals surface area contributed by atoms with Crippen molar-refractivity contribution >= 4 is 28.2 Å². The Kier molecular flexibility index (Phi) is 6.00. The fraction of sp³-hybridized carbons (Fsp3) is 0.368. The third kappa shape index (κ3) is 4.11. The van der Waals surface area contributed by atoms with Gasteiger partial charge in [0.1, 0.15) is 10.8 Å². The Morgan fingerprint density at radius 1 is 1.15 bits per heavy atom. The Balaban J connectivity index is 1.85. The van der Waals surface area contributed by atoms with Crippen LogP contribution in [0.5, 0.6) is 0 Å². The molecule has 1 heterocycles. The Labute approximate surface area is 155 Å². The van der Waals surface area contributed by atoms with Crippen molar-refractivity contribution in [2.24, 2.45) is 0 Å². The third-order valence-electron chi connectivity index (χ3n) is 4.32. The standard InChI is InChI=1S/C19H21FN2O3S/c1-25-11-10-21-18(24)16-14-4-2-3-5-15(14)26-19(16)22-17(23)12-6-8-13(20)9-7-12/h6-9H,2-5,10-11H2,1H3,(H,21,24)(H,22,23). The lowest BCUT2D eigenvalue weighted by Crippen LogP contribution is -2.28. The normalized spacial score (nSPS) is 13.2. The molecule has 0 bridgehead atoms. The molecule has 0 saturated heterocycles. The summed E-state index contributed by atoms with van der Waals surface area (Å²) in [5, 5.41) is 6.24. The molecule has 1 aromatic carbocycles. The van der Waals surface area contributed by atoms with Crippen LogP contribution in [0, 0.1) is 5.82 Å². The van der Waals surface area contributed by atoms with E-state index in [1.165, 1.54) is 35.6 Å². The first-order valence-electron chi connectivity index (χ1n) is 8.58. The first-order chi connectivity index (χ1) is 12.6. The molecule has 1 aromatic heterocycles. The highest BCUT2D eigenvalue weighted by molar-refractivity contribution is 7.17. The average molecular weight is 376 g/mol. The molecule has 138 valence electrons. The number of ether oxygens (including phenoxy) is 1. The van der Waals surface area contributed by atoms with Crippen LogP contribution in [0.2, 0.25) is 0 Å². The van der Waals surface area contributed by atoms with Gasteiger partial charge in [-0.15, -0.1) is 11.3 Å². The lowest BCUT2D eigenvalue weighted by molar-refractivity contribution is 0.0937. The maximum absolute atomic E-state index is 13.1. The summed E-state index contributed by atoms with van der Waals surface area (Å²) in [6.07, 6.45) is 3.88. The van der Waals surface area contributed by atoms with E-state index in [4.69, 9.17) is 4.74 Å². The number of aryl methyl sites for hydroxylation is 1. The van der Waals surface area contributed by atoms with Crippen LogP contribution >= 0.6 is 11.3 Å². The SMILES string of the molecule is COCCNC(=O)c1c(NC(=O)c2ccc(F)cc2)sc2c1CCCC2. The van der Waals surface area contributed by atoms with Crippen LogP contribution in [0.1, 0.15) is 44.0 Å². The number of fused-ring (bicyclic) bond motifs is 1. The number of carbonyl (C=O) groups excluding carboxylic acids is 2. The molecule has 2 N–H and O–H groups in total. The maximum Gasteiger partial charge on any atom is 0.256 e. The molecule has 3 rings (SSSR count). The Morgan fingerprint density at radius 3 is 2.62 bits per heavy atom. The summed E-state index contributed by atoms with van der Waals surface area (Å²) in [6, 6.07) is 5.34. The fourth-order valence-corrected chi connectivity index (χ4v) is 4.31. The zero-order valence-corrected chi connectivity index (χ0v) is 15.4. The summed E-state index contributed by atoms with van der Waals surface area (Å²) in [4.78, 5) is 26.3. The second kappa shape index (κ2) is 8.42. The van der Waals surface area contributed by atoms with Gasteiger partial charge in [-0.25, -0.2) is 4.39 Å². The monoisotopic (exact) mass is 376 g/mol. The van der Waals surface area contributed by atoms with Gasteiger partial charge in [0, 0.05) is 24.1 Å². The molecule has 26 heavy (non-hydrogen) atoms. The van der Waals surface area contributed by atoms with Gasteiger partial charge in [0.25, 0.3) is 11.8 Å². The number of carbonyl (C=O) groups is 2. The number of benzene rings is 1. The number of amides is 2. The van der Waals surface area contributed by atoms with Crippen LogP contribution in [-0.2, 0) is 17.6 Å². The topological polar surface area (TPSA) is 67.4 Å². The second-order valence-corrected chi connectivity index (χ2v) is 7.23. The van der Waals surface area contributed by atoms with E-state index < -0.39 is 5.82 Å². The van der Waals surface area contributed by atoms with Gasteiger partial charge < -0.3 is 15.4 Å². The van der Waals surface area contributed by atoms with Crippen molar-refractivity contribution in [1.82, 2.24) is 5.32 Å². The highest BCUT2D eigenvalue weighted by atomic mass is 32.1. The summed E-state index contributed by atoms with van der Waals surface area (Å²) >= 11 is 1.46. The lowest BCUT2D eigenvalue weighted by atomic mass is 9.95. The quantitative estimate of drug-likeness (QED) is 0.760. The third-order valence-corrected chi connectivity index (χ3v) is 5.53. The smallest absolute Gasteiger partial charge is 0.256 e. The summed E-state index contributed by atoms with van der Waals surface area (Å²) in [6.45, 7) is 0.834. The van der Waals surface area contributed by atoms with E-state index in [2.05, 4.69) is 10.6 Å². The highest BCUT2D eigenvalue weighted by Crippen LogP contribution is 2.38. The summed E-state index contributed by atoms with van der Waals surface area (Å²) in [5.41, 5.74) is 1.94. The molecule has 1 aliphatic carbocycles. The predicted octanol–water partition coefficient (Wildman–Crippen LogP) is 3.39. The molecular formula is C19H21FN2O3S. The Hall–Kier alpha value is -2.25. The van der Waals surface area contributed by atoms with E-state index in [0.29, 0.717) is 29.3 Å². The highest BCUT2D eigenvalue weighted by Gasteiger charge is 2.26. The van der Waals surface area contributed by atoms with Gasteiger partial charge in [0.05, 0.1) is 12.2 Å². The van der Waals surface area contributed by atoms with Crippen molar-refractivity contribution in [3.63, 3.8) is 0 Å². The molecule has 0 aliphatic heterocycles. The lowest BCUT2D eigenvalue weighted by Gasteiger charge is -2.13. The van der Waals surface area contributed by atoms with Gasteiger partial charge in [-0.1, -0.05) is 0 Å². The van der Waals surface area contributed by atoms with Crippen LogP contribution < -0.4 is 10.6 Å². The molecule has 5 nitrogen and oxygen atoms in total. The average Bonchev–Trinajstić information content (AvgIpc) is 3.00. The molecule has 0 atom stereocenters. The van der Waals surface area contributed by atoms with Crippen molar-refractivity contribution in [3.8, 4) is 0 Å². The Bertz CT molecular complexity index is 802. The van der Waals surface area contributed by atoms with Crippen LogP contribution in [-0.4, -0.2) is 32.1 Å². The molecule has 7 heteroatoms. The molecule has 2 aromatic rings. The molecule has 0 unspecified atom stereocenters. The molecule has 0 saturated carbocycles. The zero-order valence-electron chi connectivity index (χ0n) is 14.6. The summed E-state index contributed by atoms with van der Waals surface area (Å²) in [5.74, 6) is -0.947. The van der Waals surface area contributed by atoms with Gasteiger partial charge >= 0.3 is 0 Å². The van der Waals surface area contributed by atoms with Gasteiger partial charge in [-0.05, 0) is 55.5 Å². The predicted molar refractivity (Wildman–Crippen MR) is 99.5 cm³/mol. The zero-order chi connectivity index (χ0) is 18.5. The van der Waals surface area contributed by atoms with E-state index in [1.807, 2.05) is 0 Å². The molecule has 0 spiro atoms. The van der Waals surface area contributed by atoms with Crippen molar-refractivity contribution in [2.75, 3.05) is 25.6 Å². The van der Waals surface area contributed by atoms with Crippen molar-refractivity contribution < 1.29 is 18.7 Å². The number of nitrogens with one attached hydrogen (secondary N) is 2. The molecule has 0 fully saturated rings. The minimum atomic E-state index is -0.397. The second-order valence-electron chi connectivity index (χ2n) is 6.12. The number of rotatable bonds is 6. The first kappa shape index (κ1) is 18.5. The van der Waals surface area contributed by atoms with Crippen LogP contribution in [0.15, 0.2) is 24.3 Å². The Morgan fingerprint density at radius 2 is 1.88 bits per heavy atom.